The van der Waals surface area contributed by atoms with Crippen molar-refractivity contribution in [2.75, 3.05) is 23.4 Å². The molecule has 10 heteroatoms. The molecule has 1 N–H and O–H groups in total. The third-order valence-electron chi connectivity index (χ3n) is 3.57. The lowest BCUT2D eigenvalue weighted by Gasteiger charge is -2.10. The number of amides is 2. The highest BCUT2D eigenvalue weighted by atomic mass is 35.5. The van der Waals surface area contributed by atoms with Gasteiger partial charge in [-0.05, 0) is 18.6 Å². The van der Waals surface area contributed by atoms with Crippen LogP contribution in [0.1, 0.15) is 18.5 Å². The first-order valence-corrected chi connectivity index (χ1v) is 9.09. The number of ether oxygens (including phenoxy) is 1. The average Bonchev–Trinajstić information content (AvgIpc) is 3.24. The Labute approximate surface area is 158 Å². The minimum atomic E-state index is -0.581. The van der Waals surface area contributed by atoms with E-state index in [2.05, 4.69) is 15.3 Å². The Balaban J connectivity index is 1.47. The van der Waals surface area contributed by atoms with E-state index in [0.29, 0.717) is 29.5 Å². The number of hydrogen-bond donors (Lipinski definition) is 1. The molecule has 26 heavy (non-hydrogen) atoms. The topological polar surface area (TPSA) is 101 Å². The minimum Gasteiger partial charge on any atom is -0.455 e. The van der Waals surface area contributed by atoms with Crippen LogP contribution in [0.25, 0.3) is 0 Å². The number of nitrogens with zero attached hydrogens (tertiary/aromatic N) is 3. The van der Waals surface area contributed by atoms with Crippen molar-refractivity contribution in [3.05, 3.63) is 34.6 Å². The molecule has 0 atom stereocenters. The van der Waals surface area contributed by atoms with E-state index in [4.69, 9.17) is 16.3 Å². The van der Waals surface area contributed by atoms with Crippen LogP contribution in [0.4, 0.5) is 10.8 Å². The van der Waals surface area contributed by atoms with Gasteiger partial charge >= 0.3 is 5.97 Å². The van der Waals surface area contributed by atoms with E-state index in [1.165, 1.54) is 17.5 Å². The number of aromatic nitrogens is 2. The van der Waals surface area contributed by atoms with Gasteiger partial charge in [0.15, 0.2) is 16.9 Å². The molecule has 0 aliphatic carbocycles. The predicted molar refractivity (Wildman–Crippen MR) is 96.2 cm³/mol. The van der Waals surface area contributed by atoms with Gasteiger partial charge in [0.05, 0.1) is 17.8 Å². The van der Waals surface area contributed by atoms with Crippen molar-refractivity contribution in [2.24, 2.45) is 0 Å². The summed E-state index contributed by atoms with van der Waals surface area (Å²) in [6.45, 7) is 0.207. The summed E-state index contributed by atoms with van der Waals surface area (Å²) < 4.78 is 4.95. The maximum atomic E-state index is 11.9. The Morgan fingerprint density at radius 1 is 1.42 bits per heavy atom. The van der Waals surface area contributed by atoms with Gasteiger partial charge in [0.2, 0.25) is 5.91 Å². The maximum absolute atomic E-state index is 11.9. The third-order valence-corrected chi connectivity index (χ3v) is 4.78. The van der Waals surface area contributed by atoms with E-state index in [-0.39, 0.29) is 17.5 Å². The number of nitrogens with one attached hydrogen (secondary N) is 1. The second-order valence-corrected chi connectivity index (χ2v) is 6.69. The molecule has 2 aromatic rings. The Kier molecular flexibility index (Phi) is 5.79. The van der Waals surface area contributed by atoms with Crippen LogP contribution in [-0.2, 0) is 25.5 Å². The molecular weight excluding hydrogens is 380 g/mol. The largest absolute Gasteiger partial charge is 0.455 e. The number of hydrogen-bond acceptors (Lipinski definition) is 7. The summed E-state index contributed by atoms with van der Waals surface area (Å²) in [7, 11) is 0. The molecule has 8 nitrogen and oxygen atoms in total. The zero-order valence-corrected chi connectivity index (χ0v) is 15.2. The average molecular weight is 395 g/mol. The molecule has 1 aliphatic heterocycles. The van der Waals surface area contributed by atoms with Crippen LogP contribution < -0.4 is 10.2 Å². The van der Waals surface area contributed by atoms with Crippen LogP contribution in [0.15, 0.2) is 23.7 Å². The normalized spacial score (nSPS) is 13.7. The fraction of sp³-hybridized carbons (Fsp3) is 0.312. The van der Waals surface area contributed by atoms with Gasteiger partial charge in [-0.2, -0.15) is 0 Å². The maximum Gasteiger partial charge on any atom is 0.312 e. The predicted octanol–water partition coefficient (Wildman–Crippen LogP) is 2.04. The van der Waals surface area contributed by atoms with Gasteiger partial charge in [0.25, 0.3) is 5.91 Å². The van der Waals surface area contributed by atoms with Gasteiger partial charge in [0, 0.05) is 24.5 Å². The zero-order chi connectivity index (χ0) is 18.5. The second kappa shape index (κ2) is 8.24. The van der Waals surface area contributed by atoms with Gasteiger partial charge in [-0.1, -0.05) is 11.6 Å². The molecule has 2 aromatic heterocycles. The van der Waals surface area contributed by atoms with Crippen LogP contribution in [0.5, 0.6) is 0 Å². The highest BCUT2D eigenvalue weighted by molar-refractivity contribution is 7.14. The molecule has 0 spiro atoms. The lowest BCUT2D eigenvalue weighted by atomic mass is 10.3. The highest BCUT2D eigenvalue weighted by Gasteiger charge is 2.24. The number of carbonyl (C=O) groups excluding carboxylic acids is 3. The Morgan fingerprint density at radius 2 is 2.27 bits per heavy atom. The summed E-state index contributed by atoms with van der Waals surface area (Å²) in [5.41, 5.74) is 0.847. The molecule has 2 amide bonds. The van der Waals surface area contributed by atoms with Crippen molar-refractivity contribution in [3.8, 4) is 0 Å². The summed E-state index contributed by atoms with van der Waals surface area (Å²) >= 11 is 7.14. The highest BCUT2D eigenvalue weighted by Crippen LogP contribution is 2.25. The van der Waals surface area contributed by atoms with Crippen molar-refractivity contribution < 1.29 is 19.1 Å². The monoisotopic (exact) mass is 394 g/mol. The van der Waals surface area contributed by atoms with E-state index in [0.717, 1.165) is 6.42 Å². The third kappa shape index (κ3) is 4.55. The number of anilines is 2. The molecular formula is C16H15ClN4O4S. The summed E-state index contributed by atoms with van der Waals surface area (Å²) in [5.74, 6) is -1.06. The first-order chi connectivity index (χ1) is 12.5. The van der Waals surface area contributed by atoms with Gasteiger partial charge in [-0.25, -0.2) is 9.97 Å². The van der Waals surface area contributed by atoms with Crippen LogP contribution in [0.3, 0.4) is 0 Å². The Bertz CT molecular complexity index is 841. The molecule has 0 aromatic carbocycles. The molecule has 0 bridgehead atoms. The SMILES string of the molecule is O=C(COC(=O)Cc1csc(N2CCCC2=O)n1)Nc1cccnc1Cl. The fourth-order valence-electron chi connectivity index (χ4n) is 2.36. The molecule has 1 fully saturated rings. The van der Waals surface area contributed by atoms with Crippen LogP contribution in [-0.4, -0.2) is 40.9 Å². The summed E-state index contributed by atoms with van der Waals surface area (Å²) in [6, 6.07) is 3.21. The van der Waals surface area contributed by atoms with Gasteiger partial charge in [-0.3, -0.25) is 19.3 Å². The number of rotatable bonds is 6. The number of pyridine rings is 1. The number of halogens is 1. The first-order valence-electron chi connectivity index (χ1n) is 7.83. The quantitative estimate of drug-likeness (QED) is 0.594. The molecule has 1 aliphatic rings. The molecule has 0 saturated carbocycles. The van der Waals surface area contributed by atoms with Crippen LogP contribution in [0, 0.1) is 0 Å². The van der Waals surface area contributed by atoms with Crippen LogP contribution >= 0.6 is 22.9 Å². The van der Waals surface area contributed by atoms with E-state index < -0.39 is 18.5 Å². The number of esters is 1. The van der Waals surface area contributed by atoms with Crippen molar-refractivity contribution in [2.45, 2.75) is 19.3 Å². The second-order valence-electron chi connectivity index (χ2n) is 5.50. The van der Waals surface area contributed by atoms with Crippen molar-refractivity contribution in [1.29, 1.82) is 0 Å². The Morgan fingerprint density at radius 3 is 3.00 bits per heavy atom. The standard InChI is InChI=1S/C16H15ClN4O4S/c17-15-11(3-1-5-18-15)20-12(22)8-25-14(24)7-10-9-26-16(19-10)21-6-2-4-13(21)23/h1,3,5,9H,2,4,6-8H2,(H,20,22). The lowest BCUT2D eigenvalue weighted by molar-refractivity contribution is -0.146. The van der Waals surface area contributed by atoms with Gasteiger partial charge in [0.1, 0.15) is 0 Å². The smallest absolute Gasteiger partial charge is 0.312 e. The Hall–Kier alpha value is -2.52. The molecule has 0 unspecified atom stereocenters. The first kappa shape index (κ1) is 18.3. The molecule has 1 saturated heterocycles. The van der Waals surface area contributed by atoms with Crippen LogP contribution in [0.2, 0.25) is 5.15 Å². The van der Waals surface area contributed by atoms with E-state index in [1.54, 1.807) is 22.4 Å². The van der Waals surface area contributed by atoms with E-state index >= 15 is 0 Å². The van der Waals surface area contributed by atoms with Crippen molar-refractivity contribution >= 4 is 51.5 Å². The lowest BCUT2D eigenvalue weighted by Crippen LogP contribution is -2.23. The van der Waals surface area contributed by atoms with E-state index in [9.17, 15) is 14.4 Å². The fourth-order valence-corrected chi connectivity index (χ4v) is 3.40. The van der Waals surface area contributed by atoms with Crippen molar-refractivity contribution in [1.82, 2.24) is 9.97 Å². The molecule has 136 valence electrons. The van der Waals surface area contributed by atoms with E-state index in [1.807, 2.05) is 0 Å². The van der Waals surface area contributed by atoms with Crippen molar-refractivity contribution in [3.63, 3.8) is 0 Å². The summed E-state index contributed by atoms with van der Waals surface area (Å²) in [4.78, 5) is 45.1. The molecule has 3 heterocycles. The number of thiazole rings is 1. The minimum absolute atomic E-state index is 0.0409. The zero-order valence-electron chi connectivity index (χ0n) is 13.6. The molecule has 0 radical (unpaired) electrons. The van der Waals surface area contributed by atoms with Gasteiger partial charge in [-0.15, -0.1) is 11.3 Å². The number of carbonyl (C=O) groups is 3. The van der Waals surface area contributed by atoms with Gasteiger partial charge < -0.3 is 10.1 Å². The molecule has 3 rings (SSSR count). The summed E-state index contributed by atoms with van der Waals surface area (Å²) in [6.07, 6.45) is 2.76. The summed E-state index contributed by atoms with van der Waals surface area (Å²) in [5, 5.41) is 4.95.